The van der Waals surface area contributed by atoms with Crippen LogP contribution >= 0.6 is 0 Å². The number of aliphatic hydroxyl groups excluding tert-OH is 1. The highest BCUT2D eigenvalue weighted by Gasteiger charge is 2.09. The van der Waals surface area contributed by atoms with E-state index in [-0.39, 0.29) is 12.5 Å². The first-order valence-electron chi connectivity index (χ1n) is 7.20. The van der Waals surface area contributed by atoms with E-state index in [0.717, 1.165) is 30.6 Å². The number of nitrogens with one attached hydrogen (secondary N) is 1. The molecule has 0 aliphatic carbocycles. The van der Waals surface area contributed by atoms with Gasteiger partial charge in [-0.05, 0) is 36.5 Å². The number of methoxy groups -OCH3 is 1. The van der Waals surface area contributed by atoms with Crippen LogP contribution < -0.4 is 10.1 Å². The topological polar surface area (TPSA) is 58.6 Å². The molecule has 1 aromatic rings. The Balaban J connectivity index is 2.38. The summed E-state index contributed by atoms with van der Waals surface area (Å²) in [7, 11) is 1.62. The van der Waals surface area contributed by atoms with E-state index in [1.807, 2.05) is 24.3 Å². The molecule has 0 heterocycles. The predicted octanol–water partition coefficient (Wildman–Crippen LogP) is 2.15. The van der Waals surface area contributed by atoms with Gasteiger partial charge in [-0.15, -0.1) is 0 Å². The second kappa shape index (κ2) is 9.37. The maximum Gasteiger partial charge on any atom is 0.224 e. The monoisotopic (exact) mass is 279 g/mol. The summed E-state index contributed by atoms with van der Waals surface area (Å²) in [6, 6.07) is 7.51. The first-order valence-corrected chi connectivity index (χ1v) is 7.20. The van der Waals surface area contributed by atoms with Crippen molar-refractivity contribution in [3.05, 3.63) is 29.8 Å². The van der Waals surface area contributed by atoms with E-state index in [4.69, 9.17) is 9.84 Å². The van der Waals surface area contributed by atoms with Crippen LogP contribution in [0.1, 0.15) is 31.7 Å². The molecule has 4 heteroatoms. The van der Waals surface area contributed by atoms with Gasteiger partial charge in [0, 0.05) is 13.2 Å². The van der Waals surface area contributed by atoms with E-state index in [2.05, 4.69) is 12.2 Å². The number of hydrogen-bond donors (Lipinski definition) is 2. The first-order chi connectivity index (χ1) is 9.69. The standard InChI is InChI=1S/C16H25NO3/c1-3-4-14(9-10-18)12-17-16(19)11-13-5-7-15(20-2)8-6-13/h5-8,14,18H,3-4,9-12H2,1-2H3,(H,17,19). The van der Waals surface area contributed by atoms with Gasteiger partial charge in [0.2, 0.25) is 5.91 Å². The second-order valence-electron chi connectivity index (χ2n) is 5.00. The van der Waals surface area contributed by atoms with Crippen LogP contribution in [0.15, 0.2) is 24.3 Å². The van der Waals surface area contributed by atoms with Gasteiger partial charge in [-0.2, -0.15) is 0 Å². The van der Waals surface area contributed by atoms with Crippen LogP contribution in [0, 0.1) is 5.92 Å². The zero-order chi connectivity index (χ0) is 14.8. The fourth-order valence-corrected chi connectivity index (χ4v) is 2.19. The third-order valence-electron chi connectivity index (χ3n) is 3.35. The van der Waals surface area contributed by atoms with Crippen LogP contribution in [0.25, 0.3) is 0 Å². The summed E-state index contributed by atoms with van der Waals surface area (Å²) in [5.41, 5.74) is 0.970. The molecule has 2 N–H and O–H groups in total. The number of carbonyl (C=O) groups excluding carboxylic acids is 1. The maximum atomic E-state index is 11.9. The first kappa shape index (κ1) is 16.5. The number of ether oxygens (including phenoxy) is 1. The summed E-state index contributed by atoms with van der Waals surface area (Å²) in [6.45, 7) is 2.94. The minimum atomic E-state index is 0.0224. The fourth-order valence-electron chi connectivity index (χ4n) is 2.19. The van der Waals surface area contributed by atoms with E-state index in [1.165, 1.54) is 0 Å². The number of aliphatic hydroxyl groups is 1. The normalized spacial score (nSPS) is 11.9. The third kappa shape index (κ3) is 6.06. The Hall–Kier alpha value is -1.55. The molecule has 0 aliphatic rings. The van der Waals surface area contributed by atoms with Gasteiger partial charge < -0.3 is 15.2 Å². The molecule has 0 radical (unpaired) electrons. The maximum absolute atomic E-state index is 11.9. The Morgan fingerprint density at radius 3 is 2.55 bits per heavy atom. The van der Waals surface area contributed by atoms with Crippen molar-refractivity contribution >= 4 is 5.91 Å². The molecule has 20 heavy (non-hydrogen) atoms. The molecule has 0 aromatic heterocycles. The van der Waals surface area contributed by atoms with Crippen LogP contribution in [0.3, 0.4) is 0 Å². The van der Waals surface area contributed by atoms with E-state index in [9.17, 15) is 4.79 Å². The highest BCUT2D eigenvalue weighted by Crippen LogP contribution is 2.12. The van der Waals surface area contributed by atoms with Gasteiger partial charge >= 0.3 is 0 Å². The Labute approximate surface area is 121 Å². The van der Waals surface area contributed by atoms with Gasteiger partial charge in [0.05, 0.1) is 13.5 Å². The molecule has 0 aliphatic heterocycles. The molecule has 0 spiro atoms. The average molecular weight is 279 g/mol. The number of rotatable bonds is 9. The molecule has 4 nitrogen and oxygen atoms in total. The van der Waals surface area contributed by atoms with E-state index in [0.29, 0.717) is 18.9 Å². The van der Waals surface area contributed by atoms with E-state index in [1.54, 1.807) is 7.11 Å². The van der Waals surface area contributed by atoms with Gasteiger partial charge in [-0.1, -0.05) is 25.5 Å². The van der Waals surface area contributed by atoms with Crippen LogP contribution in [0.2, 0.25) is 0 Å². The highest BCUT2D eigenvalue weighted by molar-refractivity contribution is 5.78. The highest BCUT2D eigenvalue weighted by atomic mass is 16.5. The van der Waals surface area contributed by atoms with Gasteiger partial charge in [-0.25, -0.2) is 0 Å². The quantitative estimate of drug-likeness (QED) is 0.728. The van der Waals surface area contributed by atoms with Crippen LogP contribution in [0.4, 0.5) is 0 Å². The molecular weight excluding hydrogens is 254 g/mol. The lowest BCUT2D eigenvalue weighted by molar-refractivity contribution is -0.120. The van der Waals surface area contributed by atoms with E-state index < -0.39 is 0 Å². The SMILES string of the molecule is CCCC(CCO)CNC(=O)Cc1ccc(OC)cc1. The molecular formula is C16H25NO3. The van der Waals surface area contributed by atoms with Gasteiger partial charge in [-0.3, -0.25) is 4.79 Å². The number of carbonyl (C=O) groups is 1. The van der Waals surface area contributed by atoms with Crippen molar-refractivity contribution in [1.82, 2.24) is 5.32 Å². The van der Waals surface area contributed by atoms with Gasteiger partial charge in [0.15, 0.2) is 0 Å². The number of benzene rings is 1. The molecule has 1 amide bonds. The number of amides is 1. The Kier molecular flexibility index (Phi) is 7.73. The Morgan fingerprint density at radius 1 is 1.30 bits per heavy atom. The average Bonchev–Trinajstić information content (AvgIpc) is 2.46. The molecule has 112 valence electrons. The second-order valence-corrected chi connectivity index (χ2v) is 5.00. The van der Waals surface area contributed by atoms with Crippen molar-refractivity contribution < 1.29 is 14.6 Å². The van der Waals surface area contributed by atoms with Crippen molar-refractivity contribution in [2.24, 2.45) is 5.92 Å². The molecule has 1 rings (SSSR count). The summed E-state index contributed by atoms with van der Waals surface area (Å²) >= 11 is 0. The summed E-state index contributed by atoms with van der Waals surface area (Å²) in [5, 5.41) is 11.9. The molecule has 0 fully saturated rings. The minimum Gasteiger partial charge on any atom is -0.497 e. The number of hydrogen-bond acceptors (Lipinski definition) is 3. The van der Waals surface area contributed by atoms with Crippen LogP contribution in [0.5, 0.6) is 5.75 Å². The van der Waals surface area contributed by atoms with Crippen molar-refractivity contribution in [2.75, 3.05) is 20.3 Å². The lowest BCUT2D eigenvalue weighted by Crippen LogP contribution is -2.30. The van der Waals surface area contributed by atoms with Crippen LogP contribution in [-0.4, -0.2) is 31.3 Å². The Morgan fingerprint density at radius 2 is 2.00 bits per heavy atom. The summed E-state index contributed by atoms with van der Waals surface area (Å²) in [5.74, 6) is 1.18. The minimum absolute atomic E-state index is 0.0224. The van der Waals surface area contributed by atoms with Crippen molar-refractivity contribution in [3.63, 3.8) is 0 Å². The lowest BCUT2D eigenvalue weighted by atomic mass is 10.00. The zero-order valence-corrected chi connectivity index (χ0v) is 12.4. The summed E-state index contributed by atoms with van der Waals surface area (Å²) in [6.07, 6.45) is 3.22. The fraction of sp³-hybridized carbons (Fsp3) is 0.562. The smallest absolute Gasteiger partial charge is 0.224 e. The predicted molar refractivity (Wildman–Crippen MR) is 79.8 cm³/mol. The van der Waals surface area contributed by atoms with E-state index >= 15 is 0 Å². The molecule has 0 bridgehead atoms. The molecule has 1 unspecified atom stereocenters. The van der Waals surface area contributed by atoms with Gasteiger partial charge in [0.1, 0.15) is 5.75 Å². The lowest BCUT2D eigenvalue weighted by Gasteiger charge is -2.15. The largest absolute Gasteiger partial charge is 0.497 e. The molecule has 0 saturated carbocycles. The molecule has 1 aromatic carbocycles. The summed E-state index contributed by atoms with van der Waals surface area (Å²) in [4.78, 5) is 11.9. The van der Waals surface area contributed by atoms with Gasteiger partial charge in [0.25, 0.3) is 0 Å². The molecule has 1 atom stereocenters. The van der Waals surface area contributed by atoms with Crippen molar-refractivity contribution in [3.8, 4) is 5.75 Å². The zero-order valence-electron chi connectivity index (χ0n) is 12.4. The third-order valence-corrected chi connectivity index (χ3v) is 3.35. The van der Waals surface area contributed by atoms with Crippen molar-refractivity contribution in [2.45, 2.75) is 32.6 Å². The molecule has 0 saturated heterocycles. The van der Waals surface area contributed by atoms with Crippen LogP contribution in [-0.2, 0) is 11.2 Å². The van der Waals surface area contributed by atoms with Crippen molar-refractivity contribution in [1.29, 1.82) is 0 Å². The Bertz CT molecular complexity index is 383. The summed E-state index contributed by atoms with van der Waals surface area (Å²) < 4.78 is 5.08.